The topological polar surface area (TPSA) is 128 Å². The van der Waals surface area contributed by atoms with E-state index in [2.05, 4.69) is 10.6 Å². The number of hydrogen-bond donors (Lipinski definition) is 5. The Bertz CT molecular complexity index is 766. The van der Waals surface area contributed by atoms with Crippen LogP contribution in [0.5, 0.6) is 23.0 Å². The summed E-state index contributed by atoms with van der Waals surface area (Å²) in [4.78, 5) is 23.8. The zero-order valence-electron chi connectivity index (χ0n) is 14.2. The van der Waals surface area contributed by atoms with E-state index in [1.54, 1.807) is 31.4 Å². The molecule has 0 heterocycles. The van der Waals surface area contributed by atoms with Crippen molar-refractivity contribution in [3.05, 3.63) is 47.5 Å². The Morgan fingerprint density at radius 2 is 1.54 bits per heavy atom. The third kappa shape index (κ3) is 5.04. The van der Waals surface area contributed by atoms with Crippen molar-refractivity contribution in [2.24, 2.45) is 0 Å². The standard InChI is InChI=1S/C18H20N2O6/c1-26-13-4-2-11(3-5-13)8-16(23)19-6-7-20-18(25)12-9-14(21)17(24)15(22)10-12/h2-5,9-10,21-22,24H,6-8H2,1H3,(H,19,23)(H,20,25). The van der Waals surface area contributed by atoms with E-state index in [4.69, 9.17) is 4.74 Å². The minimum absolute atomic E-state index is 0.0117. The first-order chi connectivity index (χ1) is 12.4. The first-order valence-corrected chi connectivity index (χ1v) is 7.83. The summed E-state index contributed by atoms with van der Waals surface area (Å²) in [6, 6.07) is 9.20. The Hall–Kier alpha value is -3.42. The predicted molar refractivity (Wildman–Crippen MR) is 93.5 cm³/mol. The molecule has 0 atom stereocenters. The molecule has 138 valence electrons. The van der Waals surface area contributed by atoms with E-state index in [-0.39, 0.29) is 31.0 Å². The van der Waals surface area contributed by atoms with Gasteiger partial charge >= 0.3 is 0 Å². The van der Waals surface area contributed by atoms with Crippen molar-refractivity contribution in [3.63, 3.8) is 0 Å². The molecule has 2 aromatic carbocycles. The number of carbonyl (C=O) groups excluding carboxylic acids is 2. The lowest BCUT2D eigenvalue weighted by Gasteiger charge is -2.09. The van der Waals surface area contributed by atoms with Crippen molar-refractivity contribution in [3.8, 4) is 23.0 Å². The quantitative estimate of drug-likeness (QED) is 0.369. The largest absolute Gasteiger partial charge is 0.504 e. The molecule has 0 aromatic heterocycles. The number of amides is 2. The molecule has 0 saturated heterocycles. The predicted octanol–water partition coefficient (Wildman–Crippen LogP) is 0.901. The second-order valence-electron chi connectivity index (χ2n) is 5.49. The van der Waals surface area contributed by atoms with E-state index in [1.165, 1.54) is 0 Å². The molecule has 0 saturated carbocycles. The van der Waals surface area contributed by atoms with Crippen LogP contribution < -0.4 is 15.4 Å². The zero-order valence-corrected chi connectivity index (χ0v) is 14.2. The zero-order chi connectivity index (χ0) is 19.1. The van der Waals surface area contributed by atoms with E-state index in [1.807, 2.05) is 0 Å². The molecule has 26 heavy (non-hydrogen) atoms. The summed E-state index contributed by atoms with van der Waals surface area (Å²) >= 11 is 0. The molecule has 0 unspecified atom stereocenters. The number of aromatic hydroxyl groups is 3. The Balaban J connectivity index is 1.75. The highest BCUT2D eigenvalue weighted by Gasteiger charge is 2.13. The van der Waals surface area contributed by atoms with E-state index in [0.717, 1.165) is 17.7 Å². The number of carbonyl (C=O) groups is 2. The lowest BCUT2D eigenvalue weighted by Crippen LogP contribution is -2.35. The number of ether oxygens (including phenoxy) is 1. The second-order valence-corrected chi connectivity index (χ2v) is 5.49. The highest BCUT2D eigenvalue weighted by atomic mass is 16.5. The molecule has 2 amide bonds. The molecule has 0 aliphatic carbocycles. The second kappa shape index (κ2) is 8.61. The minimum Gasteiger partial charge on any atom is -0.504 e. The van der Waals surface area contributed by atoms with Gasteiger partial charge in [0.1, 0.15) is 5.75 Å². The first kappa shape index (κ1) is 18.9. The lowest BCUT2D eigenvalue weighted by atomic mass is 10.1. The third-order valence-electron chi connectivity index (χ3n) is 3.59. The number of methoxy groups -OCH3 is 1. The van der Waals surface area contributed by atoms with E-state index < -0.39 is 23.2 Å². The Kier molecular flexibility index (Phi) is 6.26. The molecular formula is C18H20N2O6. The van der Waals surface area contributed by atoms with Crippen molar-refractivity contribution in [1.82, 2.24) is 10.6 Å². The molecule has 2 aromatic rings. The third-order valence-corrected chi connectivity index (χ3v) is 3.59. The van der Waals surface area contributed by atoms with Gasteiger partial charge in [-0.2, -0.15) is 0 Å². The minimum atomic E-state index is -0.688. The average molecular weight is 360 g/mol. The van der Waals surface area contributed by atoms with Crippen LogP contribution in [0.3, 0.4) is 0 Å². The summed E-state index contributed by atoms with van der Waals surface area (Å²) in [6.07, 6.45) is 0.206. The summed E-state index contributed by atoms with van der Waals surface area (Å²) in [5.41, 5.74) is 0.824. The van der Waals surface area contributed by atoms with Gasteiger partial charge in [0.25, 0.3) is 5.91 Å². The normalized spacial score (nSPS) is 10.2. The van der Waals surface area contributed by atoms with Crippen molar-refractivity contribution in [2.45, 2.75) is 6.42 Å². The molecule has 8 nitrogen and oxygen atoms in total. The van der Waals surface area contributed by atoms with Crippen LogP contribution in [-0.2, 0) is 11.2 Å². The van der Waals surface area contributed by atoms with Gasteiger partial charge in [0.2, 0.25) is 5.91 Å². The van der Waals surface area contributed by atoms with Gasteiger partial charge in [0.15, 0.2) is 17.2 Å². The van der Waals surface area contributed by atoms with Crippen molar-refractivity contribution in [1.29, 1.82) is 0 Å². The number of benzene rings is 2. The Labute approximate surface area is 150 Å². The van der Waals surface area contributed by atoms with Crippen LogP contribution in [0.25, 0.3) is 0 Å². The molecule has 0 bridgehead atoms. The molecule has 0 spiro atoms. The van der Waals surface area contributed by atoms with Crippen LogP contribution in [0, 0.1) is 0 Å². The number of rotatable bonds is 7. The van der Waals surface area contributed by atoms with Crippen LogP contribution in [-0.4, -0.2) is 47.3 Å². The maximum Gasteiger partial charge on any atom is 0.251 e. The Morgan fingerprint density at radius 1 is 0.962 bits per heavy atom. The first-order valence-electron chi connectivity index (χ1n) is 7.83. The van der Waals surface area contributed by atoms with Crippen molar-refractivity contribution >= 4 is 11.8 Å². The van der Waals surface area contributed by atoms with Gasteiger partial charge in [-0.15, -0.1) is 0 Å². The van der Waals surface area contributed by atoms with E-state index >= 15 is 0 Å². The molecule has 2 rings (SSSR count). The van der Waals surface area contributed by atoms with Gasteiger partial charge in [-0.1, -0.05) is 12.1 Å². The lowest BCUT2D eigenvalue weighted by molar-refractivity contribution is -0.120. The molecule has 8 heteroatoms. The molecule has 0 fully saturated rings. The highest BCUT2D eigenvalue weighted by molar-refractivity contribution is 5.95. The van der Waals surface area contributed by atoms with Crippen LogP contribution >= 0.6 is 0 Å². The fraction of sp³-hybridized carbons (Fsp3) is 0.222. The molecular weight excluding hydrogens is 340 g/mol. The van der Waals surface area contributed by atoms with Gasteiger partial charge in [0, 0.05) is 18.7 Å². The molecule has 5 N–H and O–H groups in total. The number of phenols is 3. The van der Waals surface area contributed by atoms with Gasteiger partial charge in [-0.25, -0.2) is 0 Å². The van der Waals surface area contributed by atoms with Gasteiger partial charge in [-0.05, 0) is 29.8 Å². The van der Waals surface area contributed by atoms with Crippen LogP contribution in [0.1, 0.15) is 15.9 Å². The Morgan fingerprint density at radius 3 is 2.12 bits per heavy atom. The summed E-state index contributed by atoms with van der Waals surface area (Å²) < 4.78 is 5.05. The molecule has 0 aliphatic heterocycles. The van der Waals surface area contributed by atoms with Crippen LogP contribution in [0.2, 0.25) is 0 Å². The number of hydrogen-bond acceptors (Lipinski definition) is 6. The molecule has 0 aliphatic rings. The van der Waals surface area contributed by atoms with Gasteiger partial charge in [0.05, 0.1) is 13.5 Å². The summed E-state index contributed by atoms with van der Waals surface area (Å²) in [6.45, 7) is 0.381. The number of nitrogens with one attached hydrogen (secondary N) is 2. The SMILES string of the molecule is COc1ccc(CC(=O)NCCNC(=O)c2cc(O)c(O)c(O)c2)cc1. The van der Waals surface area contributed by atoms with E-state index in [9.17, 15) is 24.9 Å². The fourth-order valence-corrected chi connectivity index (χ4v) is 2.21. The molecule has 0 radical (unpaired) electrons. The summed E-state index contributed by atoms with van der Waals surface area (Å²) in [5, 5.41) is 33.2. The summed E-state index contributed by atoms with van der Waals surface area (Å²) in [5.74, 6) is -1.91. The van der Waals surface area contributed by atoms with Crippen LogP contribution in [0.15, 0.2) is 36.4 Å². The van der Waals surface area contributed by atoms with Gasteiger partial charge < -0.3 is 30.7 Å². The number of phenolic OH excluding ortho intramolecular Hbond substituents is 3. The summed E-state index contributed by atoms with van der Waals surface area (Å²) in [7, 11) is 1.57. The highest BCUT2D eigenvalue weighted by Crippen LogP contribution is 2.35. The monoisotopic (exact) mass is 360 g/mol. The van der Waals surface area contributed by atoms with Crippen molar-refractivity contribution in [2.75, 3.05) is 20.2 Å². The fourth-order valence-electron chi connectivity index (χ4n) is 2.21. The van der Waals surface area contributed by atoms with E-state index in [0.29, 0.717) is 5.75 Å². The van der Waals surface area contributed by atoms with Crippen LogP contribution in [0.4, 0.5) is 0 Å². The maximum atomic E-state index is 11.9. The maximum absolute atomic E-state index is 11.9. The van der Waals surface area contributed by atoms with Crippen molar-refractivity contribution < 1.29 is 29.6 Å². The average Bonchev–Trinajstić information content (AvgIpc) is 2.63. The smallest absolute Gasteiger partial charge is 0.251 e. The van der Waals surface area contributed by atoms with Gasteiger partial charge in [-0.3, -0.25) is 9.59 Å².